The maximum atomic E-state index is 15.3. The minimum absolute atomic E-state index is 0.0647. The Bertz CT molecular complexity index is 1940. The maximum absolute atomic E-state index is 15.3. The molecule has 0 saturated heterocycles. The number of terminal acetylenes is 1. The predicted molar refractivity (Wildman–Crippen MR) is 177 cm³/mol. The second-order valence-corrected chi connectivity index (χ2v) is 10.7. The first-order valence-electron chi connectivity index (χ1n) is 13.8. The summed E-state index contributed by atoms with van der Waals surface area (Å²) in [6.07, 6.45) is 9.30. The summed E-state index contributed by atoms with van der Waals surface area (Å²) >= 11 is 12.2. The number of nitrogens with zero attached hydrogens (tertiary/aromatic N) is 2. The first-order valence-corrected chi connectivity index (χ1v) is 14.6. The zero-order chi connectivity index (χ0) is 33.4. The van der Waals surface area contributed by atoms with Gasteiger partial charge < -0.3 is 23.6 Å². The van der Waals surface area contributed by atoms with Crippen molar-refractivity contribution in [3.8, 4) is 46.9 Å². The number of aromatic nitrogens is 3. The first-order chi connectivity index (χ1) is 22.1. The summed E-state index contributed by atoms with van der Waals surface area (Å²) in [5, 5.41) is 8.64. The zero-order valence-corrected chi connectivity index (χ0v) is 27.2. The number of para-hydroxylation sites is 1. The molecule has 236 valence electrons. The second-order valence-electron chi connectivity index (χ2n) is 9.90. The predicted octanol–water partition coefficient (Wildman–Crippen LogP) is 8.72. The van der Waals surface area contributed by atoms with Gasteiger partial charge in [-0.25, -0.2) is 4.39 Å². The van der Waals surface area contributed by atoms with Gasteiger partial charge in [0, 0.05) is 27.4 Å². The lowest BCUT2D eigenvalue weighted by atomic mass is 10.1. The molecule has 0 aliphatic carbocycles. The lowest BCUT2D eigenvalue weighted by Gasteiger charge is -2.12. The molecule has 0 unspecified atom stereocenters. The summed E-state index contributed by atoms with van der Waals surface area (Å²) in [4.78, 5) is 13.4. The van der Waals surface area contributed by atoms with Crippen LogP contribution < -0.4 is 14.2 Å². The van der Waals surface area contributed by atoms with Crippen molar-refractivity contribution in [1.29, 1.82) is 0 Å². The SMILES string of the molecule is C#Cc1cc(Cl)cc(Oc2c(Cl)ccc(Cc3nnc(-c4[nH]c(C)c(C)c4C)o3)c2F)c1.COc1cccc(/C=C/C=O)c1OC. The lowest BCUT2D eigenvalue weighted by Crippen LogP contribution is -1.98. The Balaban J connectivity index is 0.000000288. The molecule has 8 nitrogen and oxygen atoms in total. The van der Waals surface area contributed by atoms with Crippen molar-refractivity contribution >= 4 is 35.6 Å². The largest absolute Gasteiger partial charge is 0.493 e. The van der Waals surface area contributed by atoms with Gasteiger partial charge in [0.1, 0.15) is 17.7 Å². The van der Waals surface area contributed by atoms with Crippen molar-refractivity contribution in [3.05, 3.63) is 110 Å². The molecule has 0 aliphatic heterocycles. The average Bonchev–Trinajstić information content (AvgIpc) is 3.62. The number of allylic oxidation sites excluding steroid dienone is 1. The van der Waals surface area contributed by atoms with Crippen molar-refractivity contribution in [1.82, 2.24) is 15.2 Å². The van der Waals surface area contributed by atoms with Gasteiger partial charge in [-0.3, -0.25) is 4.79 Å². The molecule has 0 saturated carbocycles. The van der Waals surface area contributed by atoms with Crippen molar-refractivity contribution in [2.45, 2.75) is 27.2 Å². The third-order valence-electron chi connectivity index (χ3n) is 7.01. The van der Waals surface area contributed by atoms with Gasteiger partial charge in [0.05, 0.1) is 25.7 Å². The van der Waals surface area contributed by atoms with Gasteiger partial charge in [-0.2, -0.15) is 0 Å². The number of halogens is 3. The summed E-state index contributed by atoms with van der Waals surface area (Å²) < 4.78 is 37.0. The summed E-state index contributed by atoms with van der Waals surface area (Å²) in [6, 6.07) is 13.3. The van der Waals surface area contributed by atoms with Crippen LogP contribution in [0.15, 0.2) is 59.0 Å². The fraction of sp³-hybridized carbons (Fsp3) is 0.171. The molecule has 1 N–H and O–H groups in total. The maximum Gasteiger partial charge on any atom is 0.264 e. The van der Waals surface area contributed by atoms with E-state index in [2.05, 4.69) is 21.1 Å². The zero-order valence-electron chi connectivity index (χ0n) is 25.7. The fourth-order valence-electron chi connectivity index (χ4n) is 4.46. The van der Waals surface area contributed by atoms with Gasteiger partial charge >= 0.3 is 0 Å². The van der Waals surface area contributed by atoms with Crippen molar-refractivity contribution in [2.24, 2.45) is 0 Å². The number of carbonyl (C=O) groups is 1. The number of hydrogen-bond donors (Lipinski definition) is 1. The number of ether oxygens (including phenoxy) is 3. The number of aldehydes is 1. The molecule has 0 amide bonds. The van der Waals surface area contributed by atoms with E-state index in [1.165, 1.54) is 12.1 Å². The molecule has 5 aromatic rings. The van der Waals surface area contributed by atoms with Crippen LogP contribution in [0.4, 0.5) is 4.39 Å². The van der Waals surface area contributed by atoms with Crippen molar-refractivity contribution < 1.29 is 27.8 Å². The van der Waals surface area contributed by atoms with Gasteiger partial charge in [0.2, 0.25) is 5.89 Å². The van der Waals surface area contributed by atoms with E-state index in [0.717, 1.165) is 34.4 Å². The number of H-pyrrole nitrogens is 1. The van der Waals surface area contributed by atoms with Crippen LogP contribution in [0.3, 0.4) is 0 Å². The van der Waals surface area contributed by atoms with Crippen molar-refractivity contribution in [2.75, 3.05) is 14.2 Å². The number of benzene rings is 3. The molecule has 0 spiro atoms. The van der Waals surface area contributed by atoms with E-state index in [1.54, 1.807) is 50.6 Å². The van der Waals surface area contributed by atoms with Crippen LogP contribution in [0.25, 0.3) is 17.7 Å². The van der Waals surface area contributed by atoms with Crippen LogP contribution in [0.2, 0.25) is 10.0 Å². The summed E-state index contributed by atoms with van der Waals surface area (Å²) in [7, 11) is 3.14. The molecule has 46 heavy (non-hydrogen) atoms. The monoisotopic (exact) mass is 661 g/mol. The smallest absolute Gasteiger partial charge is 0.264 e. The fourth-order valence-corrected chi connectivity index (χ4v) is 4.87. The van der Waals surface area contributed by atoms with Gasteiger partial charge in [0.15, 0.2) is 23.1 Å². The van der Waals surface area contributed by atoms with E-state index in [0.29, 0.717) is 28.0 Å². The Morgan fingerprint density at radius 2 is 1.80 bits per heavy atom. The van der Waals surface area contributed by atoms with Crippen LogP contribution in [0, 0.1) is 38.9 Å². The number of aromatic amines is 1. The van der Waals surface area contributed by atoms with Gasteiger partial charge in [-0.15, -0.1) is 16.6 Å². The van der Waals surface area contributed by atoms with E-state index in [9.17, 15) is 4.79 Å². The molecule has 3 aromatic carbocycles. The molecule has 2 aromatic heterocycles. The highest BCUT2D eigenvalue weighted by Crippen LogP contribution is 2.36. The number of carbonyl (C=O) groups excluding carboxylic acids is 1. The molecule has 5 rings (SSSR count). The Hall–Kier alpha value is -5.04. The number of methoxy groups -OCH3 is 2. The first kappa shape index (κ1) is 33.8. The number of hydrogen-bond acceptors (Lipinski definition) is 7. The summed E-state index contributed by atoms with van der Waals surface area (Å²) in [5.74, 6) is 3.86. The Kier molecular flexibility index (Phi) is 11.3. The van der Waals surface area contributed by atoms with Gasteiger partial charge in [0.25, 0.3) is 5.89 Å². The van der Waals surface area contributed by atoms with E-state index >= 15 is 4.39 Å². The van der Waals surface area contributed by atoms with Crippen LogP contribution in [-0.4, -0.2) is 35.7 Å². The molecule has 0 bridgehead atoms. The number of aryl methyl sites for hydroxylation is 1. The molecule has 2 heterocycles. The van der Waals surface area contributed by atoms with Crippen LogP contribution in [0.1, 0.15) is 39.4 Å². The summed E-state index contributed by atoms with van der Waals surface area (Å²) in [5.41, 5.74) is 5.54. The normalized spacial score (nSPS) is 10.7. The number of rotatable bonds is 9. The van der Waals surface area contributed by atoms with Gasteiger partial charge in [-0.05, 0) is 74.4 Å². The van der Waals surface area contributed by atoms with Crippen LogP contribution >= 0.6 is 23.2 Å². The number of nitrogens with one attached hydrogen (secondary N) is 1. The molecule has 0 radical (unpaired) electrons. The van der Waals surface area contributed by atoms with Crippen LogP contribution in [0.5, 0.6) is 23.0 Å². The third kappa shape index (κ3) is 7.78. The molecular formula is C35H30Cl2FN3O5. The minimum atomic E-state index is -0.637. The Morgan fingerprint density at radius 3 is 2.46 bits per heavy atom. The highest BCUT2D eigenvalue weighted by Gasteiger charge is 2.20. The molecule has 0 fully saturated rings. The highest BCUT2D eigenvalue weighted by molar-refractivity contribution is 6.32. The molecule has 0 aliphatic rings. The standard InChI is InChI=1S/C24H18Cl2FN3O2.C11H12O3/c1-5-15-8-17(25)11-18(9-15)31-23-19(26)7-6-16(21(23)27)10-20-29-30-24(32-20)22-13(3)12(2)14(4)28-22;1-13-10-7-3-5-9(6-4-8-12)11(10)14-2/h1,6-9,11,28H,10H2,2-4H3;3-8H,1-2H3/b;6-4+. The van der Waals surface area contributed by atoms with E-state index in [-0.39, 0.29) is 34.4 Å². The molecule has 0 atom stereocenters. The topological polar surface area (TPSA) is 99.5 Å². The molecular weight excluding hydrogens is 632 g/mol. The minimum Gasteiger partial charge on any atom is -0.493 e. The summed E-state index contributed by atoms with van der Waals surface area (Å²) in [6.45, 7) is 5.96. The van der Waals surface area contributed by atoms with Gasteiger partial charge in [-0.1, -0.05) is 47.3 Å². The average molecular weight is 663 g/mol. The Morgan fingerprint density at radius 1 is 1.02 bits per heavy atom. The van der Waals surface area contributed by atoms with E-state index in [1.807, 2.05) is 32.9 Å². The van der Waals surface area contributed by atoms with E-state index < -0.39 is 5.82 Å². The second kappa shape index (κ2) is 15.3. The molecule has 11 heteroatoms. The van der Waals surface area contributed by atoms with Crippen molar-refractivity contribution in [3.63, 3.8) is 0 Å². The highest BCUT2D eigenvalue weighted by atomic mass is 35.5. The van der Waals surface area contributed by atoms with Crippen LogP contribution in [-0.2, 0) is 11.2 Å². The lowest BCUT2D eigenvalue weighted by molar-refractivity contribution is -0.104. The quantitative estimate of drug-likeness (QED) is 0.0958. The van der Waals surface area contributed by atoms with E-state index in [4.69, 9.17) is 48.3 Å². The Labute approximate surface area is 276 Å². The third-order valence-corrected chi connectivity index (χ3v) is 7.53.